The van der Waals surface area contributed by atoms with Crippen LogP contribution in [0.15, 0.2) is 0 Å². The van der Waals surface area contributed by atoms with Gasteiger partial charge in [-0.3, -0.25) is 14.4 Å². The lowest BCUT2D eigenvalue weighted by Crippen LogP contribution is -2.64. The maximum absolute atomic E-state index is 14.5. The maximum atomic E-state index is 14.5. The normalized spacial score (nSPS) is 31.2. The second-order valence-electron chi connectivity index (χ2n) is 4.83. The molecule has 1 rings (SSSR count). The zero-order valence-corrected chi connectivity index (χ0v) is 12.8. The summed E-state index contributed by atoms with van der Waals surface area (Å²) in [6, 6.07) is -1.02. The lowest BCUT2D eigenvalue weighted by molar-refractivity contribution is -0.256. The molecule has 1 fully saturated rings. The Balaban J connectivity index is 2.95. The van der Waals surface area contributed by atoms with Gasteiger partial charge < -0.3 is 24.3 Å². The highest BCUT2D eigenvalue weighted by atomic mass is 19.1. The Morgan fingerprint density at radius 1 is 1.18 bits per heavy atom. The fourth-order valence-corrected chi connectivity index (χ4v) is 2.14. The van der Waals surface area contributed by atoms with Gasteiger partial charge in [-0.05, 0) is 0 Å². The van der Waals surface area contributed by atoms with Crippen molar-refractivity contribution in [1.29, 1.82) is 0 Å². The number of methoxy groups -OCH3 is 1. The minimum absolute atomic E-state index is 0.360. The Kier molecular flexibility index (Phi) is 6.69. The highest BCUT2D eigenvalue weighted by Gasteiger charge is 2.49. The van der Waals surface area contributed by atoms with Crippen molar-refractivity contribution in [3.63, 3.8) is 0 Å². The van der Waals surface area contributed by atoms with E-state index >= 15 is 0 Å². The number of halogens is 1. The molecule has 1 aliphatic heterocycles. The molecule has 1 amide bonds. The van der Waals surface area contributed by atoms with Crippen LogP contribution in [0.4, 0.5) is 4.39 Å². The number of carbonyl (C=O) groups excluding carboxylic acids is 3. The Labute approximate surface area is 127 Å². The van der Waals surface area contributed by atoms with E-state index in [1.54, 1.807) is 0 Å². The standard InChI is InChI=1S/C13H20FNO7/c1-6(16)15-11-12(21-8(3)18)10(14)9(5-20-7(2)17)22-13(11)19-4/h9-13H,5H2,1-4H3,(H,15,16)/t9-,10-,11-,12+,13+/m1/s1. The highest BCUT2D eigenvalue weighted by molar-refractivity contribution is 5.73. The van der Waals surface area contributed by atoms with Crippen LogP contribution in [0.5, 0.6) is 0 Å². The predicted octanol–water partition coefficient (Wildman–Crippen LogP) is -0.305. The van der Waals surface area contributed by atoms with Crippen molar-refractivity contribution in [3.8, 4) is 0 Å². The van der Waals surface area contributed by atoms with Crippen LogP contribution in [0.2, 0.25) is 0 Å². The van der Waals surface area contributed by atoms with Crippen molar-refractivity contribution >= 4 is 17.8 Å². The molecule has 126 valence electrons. The number of hydrogen-bond acceptors (Lipinski definition) is 7. The van der Waals surface area contributed by atoms with Gasteiger partial charge in [0.2, 0.25) is 5.91 Å². The van der Waals surface area contributed by atoms with Crippen LogP contribution in [0.25, 0.3) is 0 Å². The Morgan fingerprint density at radius 3 is 2.27 bits per heavy atom. The molecule has 5 atom stereocenters. The largest absolute Gasteiger partial charge is 0.463 e. The molecule has 1 aliphatic rings. The van der Waals surface area contributed by atoms with E-state index in [1.807, 2.05) is 0 Å². The van der Waals surface area contributed by atoms with E-state index in [2.05, 4.69) is 5.32 Å². The summed E-state index contributed by atoms with van der Waals surface area (Å²) in [6.07, 6.45) is -5.35. The SMILES string of the molecule is CO[C@H]1O[C@H](COC(C)=O)[C@@H](F)[C@H](OC(C)=O)[C@H]1NC(C)=O. The monoisotopic (exact) mass is 321 g/mol. The van der Waals surface area contributed by atoms with Gasteiger partial charge in [-0.2, -0.15) is 0 Å². The van der Waals surface area contributed by atoms with Crippen LogP contribution in [0.1, 0.15) is 20.8 Å². The summed E-state index contributed by atoms with van der Waals surface area (Å²) in [4.78, 5) is 33.3. The zero-order valence-electron chi connectivity index (χ0n) is 12.8. The molecule has 0 bridgehead atoms. The number of carbonyl (C=O) groups is 3. The van der Waals surface area contributed by atoms with E-state index in [-0.39, 0.29) is 6.61 Å². The summed E-state index contributed by atoms with van der Waals surface area (Å²) < 4.78 is 34.6. The molecule has 0 aromatic heterocycles. The van der Waals surface area contributed by atoms with E-state index in [0.717, 1.165) is 6.92 Å². The van der Waals surface area contributed by atoms with Gasteiger partial charge in [0.25, 0.3) is 0 Å². The van der Waals surface area contributed by atoms with Crippen LogP contribution < -0.4 is 5.32 Å². The van der Waals surface area contributed by atoms with E-state index in [4.69, 9.17) is 18.9 Å². The lowest BCUT2D eigenvalue weighted by Gasteiger charge is -2.42. The fourth-order valence-electron chi connectivity index (χ4n) is 2.14. The molecule has 0 spiro atoms. The molecule has 1 N–H and O–H groups in total. The molecule has 22 heavy (non-hydrogen) atoms. The minimum atomic E-state index is -1.80. The van der Waals surface area contributed by atoms with Gasteiger partial charge in [-0.25, -0.2) is 4.39 Å². The van der Waals surface area contributed by atoms with Crippen molar-refractivity contribution in [1.82, 2.24) is 5.32 Å². The van der Waals surface area contributed by atoms with Crippen LogP contribution in [-0.2, 0) is 33.3 Å². The smallest absolute Gasteiger partial charge is 0.303 e. The van der Waals surface area contributed by atoms with Gasteiger partial charge in [0, 0.05) is 27.9 Å². The summed E-state index contributed by atoms with van der Waals surface area (Å²) in [5, 5.41) is 2.44. The van der Waals surface area contributed by atoms with Gasteiger partial charge in [-0.15, -0.1) is 0 Å². The van der Waals surface area contributed by atoms with E-state index in [1.165, 1.54) is 21.0 Å². The summed E-state index contributed by atoms with van der Waals surface area (Å²) in [5.74, 6) is -1.78. The number of alkyl halides is 1. The maximum Gasteiger partial charge on any atom is 0.303 e. The van der Waals surface area contributed by atoms with Crippen LogP contribution in [-0.4, -0.2) is 62.3 Å². The molecule has 9 heteroatoms. The van der Waals surface area contributed by atoms with Crippen molar-refractivity contribution in [2.24, 2.45) is 0 Å². The summed E-state index contributed by atoms with van der Waals surface area (Å²) in [6.45, 7) is 3.17. The third kappa shape index (κ3) is 4.92. The summed E-state index contributed by atoms with van der Waals surface area (Å²) >= 11 is 0. The number of amides is 1. The molecule has 0 aliphatic carbocycles. The number of rotatable bonds is 5. The van der Waals surface area contributed by atoms with Crippen molar-refractivity contribution in [3.05, 3.63) is 0 Å². The molecule has 0 unspecified atom stereocenters. The molecule has 1 heterocycles. The van der Waals surface area contributed by atoms with Crippen molar-refractivity contribution in [2.45, 2.75) is 51.5 Å². The van der Waals surface area contributed by atoms with Crippen LogP contribution >= 0.6 is 0 Å². The van der Waals surface area contributed by atoms with E-state index < -0.39 is 48.6 Å². The van der Waals surface area contributed by atoms with Gasteiger partial charge in [0.15, 0.2) is 18.6 Å². The zero-order chi connectivity index (χ0) is 16.9. The quantitative estimate of drug-likeness (QED) is 0.694. The first-order chi connectivity index (χ1) is 10.3. The predicted molar refractivity (Wildman–Crippen MR) is 70.4 cm³/mol. The van der Waals surface area contributed by atoms with Gasteiger partial charge in [-0.1, -0.05) is 0 Å². The Bertz CT molecular complexity index is 431. The number of hydrogen-bond donors (Lipinski definition) is 1. The van der Waals surface area contributed by atoms with Crippen molar-refractivity contribution in [2.75, 3.05) is 13.7 Å². The molecule has 1 saturated heterocycles. The van der Waals surface area contributed by atoms with E-state index in [9.17, 15) is 18.8 Å². The first kappa shape index (κ1) is 18.3. The molecule has 0 radical (unpaired) electrons. The average Bonchev–Trinajstić information content (AvgIpc) is 2.41. The first-order valence-corrected chi connectivity index (χ1v) is 6.66. The molecule has 0 aromatic carbocycles. The lowest BCUT2D eigenvalue weighted by atomic mass is 9.97. The molecule has 8 nitrogen and oxygen atoms in total. The highest BCUT2D eigenvalue weighted by Crippen LogP contribution is 2.27. The Morgan fingerprint density at radius 2 is 1.82 bits per heavy atom. The van der Waals surface area contributed by atoms with Crippen LogP contribution in [0, 0.1) is 0 Å². The van der Waals surface area contributed by atoms with Gasteiger partial charge in [0.05, 0.1) is 0 Å². The molecular weight excluding hydrogens is 301 g/mol. The van der Waals surface area contributed by atoms with Crippen LogP contribution in [0.3, 0.4) is 0 Å². The Hall–Kier alpha value is -1.74. The fraction of sp³-hybridized carbons (Fsp3) is 0.769. The van der Waals surface area contributed by atoms with Gasteiger partial charge >= 0.3 is 11.9 Å². The number of nitrogens with one attached hydrogen (secondary N) is 1. The second kappa shape index (κ2) is 8.04. The van der Waals surface area contributed by atoms with Crippen molar-refractivity contribution < 1.29 is 37.7 Å². The molecule has 0 aromatic rings. The molecule has 0 saturated carbocycles. The summed E-state index contributed by atoms with van der Waals surface area (Å²) in [5.41, 5.74) is 0. The number of ether oxygens (including phenoxy) is 4. The van der Waals surface area contributed by atoms with Gasteiger partial charge in [0.1, 0.15) is 18.8 Å². The topological polar surface area (TPSA) is 100 Å². The minimum Gasteiger partial charge on any atom is -0.463 e. The number of esters is 2. The first-order valence-electron chi connectivity index (χ1n) is 6.66. The second-order valence-corrected chi connectivity index (χ2v) is 4.83. The third-order valence-corrected chi connectivity index (χ3v) is 2.98. The average molecular weight is 321 g/mol. The molecular formula is C13H20FNO7. The third-order valence-electron chi connectivity index (χ3n) is 2.98. The summed E-state index contributed by atoms with van der Waals surface area (Å²) in [7, 11) is 1.30. The van der Waals surface area contributed by atoms with E-state index in [0.29, 0.717) is 0 Å².